The van der Waals surface area contributed by atoms with Crippen LogP contribution in [0.25, 0.3) is 0 Å². The van der Waals surface area contributed by atoms with E-state index in [1.54, 1.807) is 24.3 Å². The smallest absolute Gasteiger partial charge is 0.251 e. The van der Waals surface area contributed by atoms with Crippen LogP contribution in [-0.2, 0) is 17.8 Å². The van der Waals surface area contributed by atoms with Gasteiger partial charge in [0.05, 0.1) is 0 Å². The van der Waals surface area contributed by atoms with E-state index in [4.69, 9.17) is 0 Å². The quantitative estimate of drug-likeness (QED) is 0.856. The number of fused-ring (bicyclic) bond motifs is 1. The molecule has 2 aromatic rings. The Bertz CT molecular complexity index is 856. The van der Waals surface area contributed by atoms with Crippen LogP contribution in [0.15, 0.2) is 42.5 Å². The van der Waals surface area contributed by atoms with Gasteiger partial charge in [-0.25, -0.2) is 0 Å². The predicted molar refractivity (Wildman–Crippen MR) is 107 cm³/mol. The fraction of sp³-hybridized carbons (Fsp3) is 0.364. The predicted octanol–water partition coefficient (Wildman–Crippen LogP) is 3.35. The number of hydrogen-bond acceptors (Lipinski definition) is 3. The van der Waals surface area contributed by atoms with E-state index in [2.05, 4.69) is 40.8 Å². The van der Waals surface area contributed by atoms with Crippen molar-refractivity contribution in [3.63, 3.8) is 0 Å². The van der Waals surface area contributed by atoms with Crippen LogP contribution in [-0.4, -0.2) is 25.4 Å². The zero-order valence-electron chi connectivity index (χ0n) is 15.6. The molecule has 2 aliphatic rings. The molecule has 1 heterocycles. The summed E-state index contributed by atoms with van der Waals surface area (Å²) in [5.74, 6) is 0.138. The van der Waals surface area contributed by atoms with Gasteiger partial charge in [-0.2, -0.15) is 0 Å². The minimum absolute atomic E-state index is 0.0743. The SMILES string of the molecule is CN1CCCc2cc(CNC(=O)c3ccc(NC(=O)C4CC4)cc3)ccc21. The van der Waals surface area contributed by atoms with Crippen molar-refractivity contribution in [3.8, 4) is 0 Å². The fourth-order valence-corrected chi connectivity index (χ4v) is 3.53. The average molecular weight is 363 g/mol. The second kappa shape index (κ2) is 7.43. The van der Waals surface area contributed by atoms with Gasteiger partial charge in [0.25, 0.3) is 5.91 Å². The largest absolute Gasteiger partial charge is 0.374 e. The number of benzene rings is 2. The van der Waals surface area contributed by atoms with Gasteiger partial charge in [0.15, 0.2) is 0 Å². The van der Waals surface area contributed by atoms with Gasteiger partial charge in [-0.05, 0) is 67.1 Å². The van der Waals surface area contributed by atoms with Gasteiger partial charge in [-0.3, -0.25) is 9.59 Å². The molecule has 2 amide bonds. The third-order valence-corrected chi connectivity index (χ3v) is 5.31. The summed E-state index contributed by atoms with van der Waals surface area (Å²) in [6.07, 6.45) is 4.22. The number of carbonyl (C=O) groups is 2. The van der Waals surface area contributed by atoms with Crippen molar-refractivity contribution in [2.45, 2.75) is 32.2 Å². The second-order valence-corrected chi connectivity index (χ2v) is 7.51. The normalized spacial score (nSPS) is 15.8. The Morgan fingerprint density at radius 1 is 1.11 bits per heavy atom. The summed E-state index contributed by atoms with van der Waals surface area (Å²) in [4.78, 5) is 26.5. The summed E-state index contributed by atoms with van der Waals surface area (Å²) >= 11 is 0. The monoisotopic (exact) mass is 363 g/mol. The van der Waals surface area contributed by atoms with Crippen molar-refractivity contribution < 1.29 is 9.59 Å². The molecule has 1 aliphatic heterocycles. The zero-order valence-corrected chi connectivity index (χ0v) is 15.6. The van der Waals surface area contributed by atoms with Gasteiger partial charge in [0.1, 0.15) is 0 Å². The molecule has 0 bridgehead atoms. The molecule has 2 aromatic carbocycles. The van der Waals surface area contributed by atoms with E-state index in [1.165, 1.54) is 17.7 Å². The summed E-state index contributed by atoms with van der Waals surface area (Å²) in [5, 5.41) is 5.87. The van der Waals surface area contributed by atoms with E-state index in [-0.39, 0.29) is 17.7 Å². The average Bonchev–Trinajstić information content (AvgIpc) is 3.52. The van der Waals surface area contributed by atoms with E-state index in [0.29, 0.717) is 12.1 Å². The number of carbonyl (C=O) groups excluding carboxylic acids is 2. The van der Waals surface area contributed by atoms with Gasteiger partial charge in [-0.15, -0.1) is 0 Å². The van der Waals surface area contributed by atoms with E-state index >= 15 is 0 Å². The Kier molecular flexibility index (Phi) is 4.84. The van der Waals surface area contributed by atoms with Crippen molar-refractivity contribution >= 4 is 23.2 Å². The molecule has 0 unspecified atom stereocenters. The highest BCUT2D eigenvalue weighted by Crippen LogP contribution is 2.30. The molecule has 140 valence electrons. The number of rotatable bonds is 5. The highest BCUT2D eigenvalue weighted by molar-refractivity contribution is 5.96. The molecule has 1 aliphatic carbocycles. The summed E-state index contributed by atoms with van der Waals surface area (Å²) in [6, 6.07) is 13.5. The summed E-state index contributed by atoms with van der Waals surface area (Å²) < 4.78 is 0. The van der Waals surface area contributed by atoms with Crippen LogP contribution in [0.5, 0.6) is 0 Å². The van der Waals surface area contributed by atoms with Crippen molar-refractivity contribution in [2.24, 2.45) is 5.92 Å². The highest BCUT2D eigenvalue weighted by atomic mass is 16.2. The lowest BCUT2D eigenvalue weighted by atomic mass is 9.99. The van der Waals surface area contributed by atoms with Crippen molar-refractivity contribution in [1.29, 1.82) is 0 Å². The van der Waals surface area contributed by atoms with E-state index in [9.17, 15) is 9.59 Å². The molecule has 2 N–H and O–H groups in total. The number of hydrogen-bond donors (Lipinski definition) is 2. The summed E-state index contributed by atoms with van der Waals surface area (Å²) in [6.45, 7) is 1.61. The molecular weight excluding hydrogens is 338 g/mol. The zero-order chi connectivity index (χ0) is 18.8. The molecule has 0 aromatic heterocycles. The van der Waals surface area contributed by atoms with Crippen LogP contribution in [0, 0.1) is 5.92 Å². The third-order valence-electron chi connectivity index (χ3n) is 5.31. The molecular formula is C22H25N3O2. The maximum absolute atomic E-state index is 12.4. The van der Waals surface area contributed by atoms with Gasteiger partial charge in [0.2, 0.25) is 5.91 Å². The Balaban J connectivity index is 1.34. The van der Waals surface area contributed by atoms with Crippen LogP contribution < -0.4 is 15.5 Å². The topological polar surface area (TPSA) is 61.4 Å². The summed E-state index contributed by atoms with van der Waals surface area (Å²) in [7, 11) is 2.12. The maximum atomic E-state index is 12.4. The molecule has 0 atom stereocenters. The van der Waals surface area contributed by atoms with E-state index in [0.717, 1.165) is 37.1 Å². The van der Waals surface area contributed by atoms with Crippen LogP contribution in [0.2, 0.25) is 0 Å². The Labute approximate surface area is 159 Å². The molecule has 0 radical (unpaired) electrons. The van der Waals surface area contributed by atoms with Gasteiger partial charge in [0, 0.05) is 43.0 Å². The van der Waals surface area contributed by atoms with Crippen LogP contribution in [0.3, 0.4) is 0 Å². The minimum Gasteiger partial charge on any atom is -0.374 e. The first kappa shape index (κ1) is 17.6. The first-order valence-corrected chi connectivity index (χ1v) is 9.62. The van der Waals surface area contributed by atoms with Crippen LogP contribution in [0.1, 0.15) is 40.7 Å². The van der Waals surface area contributed by atoms with E-state index in [1.807, 2.05) is 0 Å². The number of nitrogens with zero attached hydrogens (tertiary/aromatic N) is 1. The lowest BCUT2D eigenvalue weighted by molar-refractivity contribution is -0.117. The number of nitrogens with one attached hydrogen (secondary N) is 2. The highest BCUT2D eigenvalue weighted by Gasteiger charge is 2.29. The second-order valence-electron chi connectivity index (χ2n) is 7.51. The molecule has 5 nitrogen and oxygen atoms in total. The molecule has 0 spiro atoms. The Morgan fingerprint density at radius 3 is 2.63 bits per heavy atom. The van der Waals surface area contributed by atoms with Crippen molar-refractivity contribution in [1.82, 2.24) is 5.32 Å². The molecule has 0 saturated heterocycles. The first-order valence-electron chi connectivity index (χ1n) is 9.62. The molecule has 5 heteroatoms. The Hall–Kier alpha value is -2.82. The Morgan fingerprint density at radius 2 is 1.89 bits per heavy atom. The standard InChI is InChI=1S/C22H25N3O2/c1-25-12-2-3-18-13-15(4-11-20(18)25)14-23-21(26)16-7-9-19(10-8-16)24-22(27)17-5-6-17/h4,7-11,13,17H,2-3,5-6,12,14H2,1H3,(H,23,26)(H,24,27). The lowest BCUT2D eigenvalue weighted by Crippen LogP contribution is -2.25. The van der Waals surface area contributed by atoms with Crippen LogP contribution in [0.4, 0.5) is 11.4 Å². The third kappa shape index (κ3) is 4.13. The summed E-state index contributed by atoms with van der Waals surface area (Å²) in [5.41, 5.74) is 5.09. The fourth-order valence-electron chi connectivity index (χ4n) is 3.53. The molecule has 27 heavy (non-hydrogen) atoms. The molecule has 1 fully saturated rings. The minimum atomic E-state index is -0.107. The lowest BCUT2D eigenvalue weighted by Gasteiger charge is -2.27. The number of aryl methyl sites for hydroxylation is 1. The van der Waals surface area contributed by atoms with E-state index < -0.39 is 0 Å². The number of amides is 2. The van der Waals surface area contributed by atoms with Gasteiger partial charge >= 0.3 is 0 Å². The van der Waals surface area contributed by atoms with Crippen molar-refractivity contribution in [2.75, 3.05) is 23.8 Å². The van der Waals surface area contributed by atoms with Crippen molar-refractivity contribution in [3.05, 3.63) is 59.2 Å². The first-order chi connectivity index (χ1) is 13.1. The van der Waals surface area contributed by atoms with Gasteiger partial charge < -0.3 is 15.5 Å². The molecule has 1 saturated carbocycles. The molecule has 4 rings (SSSR count). The maximum Gasteiger partial charge on any atom is 0.251 e. The van der Waals surface area contributed by atoms with Crippen LogP contribution >= 0.6 is 0 Å². The number of anilines is 2. The van der Waals surface area contributed by atoms with Gasteiger partial charge in [-0.1, -0.05) is 12.1 Å².